The Morgan fingerprint density at radius 3 is 1.15 bits per heavy atom. The third kappa shape index (κ3) is 38.9. The van der Waals surface area contributed by atoms with Crippen LogP contribution in [0.2, 0.25) is 0 Å². The van der Waals surface area contributed by atoms with Crippen molar-refractivity contribution in [2.75, 3.05) is 26.4 Å². The van der Waals surface area contributed by atoms with Gasteiger partial charge in [-0.25, -0.2) is 0 Å². The smallest absolute Gasteiger partial charge is 0.220 e. The topological polar surface area (TPSA) is 307 Å². The molecular formula is C78H133NO18. The molecule has 3 aliphatic rings. The van der Waals surface area contributed by atoms with Crippen LogP contribution in [0.3, 0.4) is 0 Å². The van der Waals surface area contributed by atoms with Gasteiger partial charge in [0.25, 0.3) is 0 Å². The van der Waals surface area contributed by atoms with Gasteiger partial charge in [0.1, 0.15) is 73.2 Å². The minimum Gasteiger partial charge on any atom is -0.394 e. The SMILES string of the molecule is CC/C=C\C/C=C\C/C=C\C/C=C\C/C=C\C/C=C\C/C=C\CCCCCCCCCCCCCCCCCC(=O)NC(COC1OC(CO)C(OC2OC(CO)C(OC3OC(CO)C(O)C(O)C3O)C(O)C2O)C(O)C1O)C(O)/C=C/CC/C=C/CCCCCCCCCCC. The molecule has 1 amide bonds. The van der Waals surface area contributed by atoms with E-state index in [1.165, 1.54) is 122 Å². The minimum absolute atomic E-state index is 0.230. The summed E-state index contributed by atoms with van der Waals surface area (Å²) in [6.45, 7) is 1.59. The van der Waals surface area contributed by atoms with Crippen LogP contribution in [-0.4, -0.2) is 193 Å². The van der Waals surface area contributed by atoms with Gasteiger partial charge in [-0.15, -0.1) is 0 Å². The summed E-state index contributed by atoms with van der Waals surface area (Å²) >= 11 is 0. The number of rotatable bonds is 57. The van der Waals surface area contributed by atoms with Gasteiger partial charge in [0.15, 0.2) is 18.9 Å². The maximum Gasteiger partial charge on any atom is 0.220 e. The Hall–Kier alpha value is -3.55. The molecule has 17 atom stereocenters. The van der Waals surface area contributed by atoms with Crippen molar-refractivity contribution >= 4 is 5.91 Å². The van der Waals surface area contributed by atoms with E-state index in [-0.39, 0.29) is 18.9 Å². The largest absolute Gasteiger partial charge is 0.394 e. The molecule has 0 radical (unpaired) electrons. The first-order chi connectivity index (χ1) is 47.3. The molecule has 12 N–H and O–H groups in total. The van der Waals surface area contributed by atoms with E-state index in [0.29, 0.717) is 12.8 Å². The Labute approximate surface area is 583 Å². The highest BCUT2D eigenvalue weighted by atomic mass is 16.8. The van der Waals surface area contributed by atoms with Gasteiger partial charge in [0.2, 0.25) is 5.91 Å². The van der Waals surface area contributed by atoms with Crippen LogP contribution in [0.1, 0.15) is 245 Å². The fourth-order valence-corrected chi connectivity index (χ4v) is 12.0. The van der Waals surface area contributed by atoms with Crippen molar-refractivity contribution in [3.63, 3.8) is 0 Å². The summed E-state index contributed by atoms with van der Waals surface area (Å²) in [7, 11) is 0. The van der Waals surface area contributed by atoms with E-state index in [4.69, 9.17) is 28.4 Å². The molecule has 3 aliphatic heterocycles. The maximum atomic E-state index is 13.4. The Balaban J connectivity index is 1.34. The number of aliphatic hydroxyl groups excluding tert-OH is 11. The third-order valence-electron chi connectivity index (χ3n) is 18.1. The van der Waals surface area contributed by atoms with Gasteiger partial charge in [-0.3, -0.25) is 4.79 Å². The fraction of sp³-hybridized carbons (Fsp3) is 0.756. The quantitative estimate of drug-likeness (QED) is 0.0199. The maximum absolute atomic E-state index is 13.4. The standard InChI is InChI=1S/C78H133NO18/c1-3-5-7-9-11-13-15-17-19-20-21-22-23-24-25-26-27-28-29-30-31-32-33-34-35-36-37-38-39-40-42-44-46-48-50-52-54-56-66(84)79-61(62(83)55-53-51-49-47-45-43-41-18-16-14-12-10-8-6-4-2)60-92-76-72(90)69(87)74(64(58-81)94-76)97-78-73(91)70(88)75(65(59-82)95-78)96-77-71(89)68(86)67(85)63(57-80)93-77/h5,7,11,13,17,19,21-22,24-25,27-28,30-31,45,47,53,55,61-65,67-78,80-83,85-91H,3-4,6,8-10,12,14-16,18,20,23,26,29,32-44,46,48-52,54,56-60H2,1-2H3,(H,79,84)/b7-5-,13-11-,19-17-,22-21-,25-24-,28-27-,31-30-,47-45+,55-53+. The van der Waals surface area contributed by atoms with Crippen LogP contribution >= 0.6 is 0 Å². The molecule has 3 fully saturated rings. The van der Waals surface area contributed by atoms with E-state index >= 15 is 0 Å². The molecule has 97 heavy (non-hydrogen) atoms. The molecule has 0 bridgehead atoms. The second-order valence-electron chi connectivity index (χ2n) is 26.4. The van der Waals surface area contributed by atoms with Crippen molar-refractivity contribution in [2.45, 2.75) is 349 Å². The lowest BCUT2D eigenvalue weighted by molar-refractivity contribution is -0.379. The molecule has 0 aromatic rings. The van der Waals surface area contributed by atoms with E-state index in [1.54, 1.807) is 6.08 Å². The van der Waals surface area contributed by atoms with Crippen molar-refractivity contribution in [3.05, 3.63) is 109 Å². The Morgan fingerprint density at radius 2 is 0.722 bits per heavy atom. The lowest BCUT2D eigenvalue weighted by Gasteiger charge is -2.48. The molecule has 0 saturated carbocycles. The predicted octanol–water partition coefficient (Wildman–Crippen LogP) is 11.4. The number of nitrogens with one attached hydrogen (secondary N) is 1. The number of carbonyl (C=O) groups excluding carboxylic acids is 1. The molecule has 3 rings (SSSR count). The minimum atomic E-state index is -1.98. The van der Waals surface area contributed by atoms with Crippen molar-refractivity contribution in [1.29, 1.82) is 0 Å². The monoisotopic (exact) mass is 1370 g/mol. The van der Waals surface area contributed by atoms with E-state index in [0.717, 1.165) is 89.9 Å². The third-order valence-corrected chi connectivity index (χ3v) is 18.1. The number of aliphatic hydroxyl groups is 11. The molecule has 17 unspecified atom stereocenters. The van der Waals surface area contributed by atoms with Gasteiger partial charge >= 0.3 is 0 Å². The highest BCUT2D eigenvalue weighted by molar-refractivity contribution is 5.76. The fourth-order valence-electron chi connectivity index (χ4n) is 12.0. The summed E-state index contributed by atoms with van der Waals surface area (Å²) in [4.78, 5) is 13.4. The lowest BCUT2D eigenvalue weighted by atomic mass is 9.96. The Bertz CT molecular complexity index is 2180. The summed E-state index contributed by atoms with van der Waals surface area (Å²) in [5.74, 6) is -0.289. The summed E-state index contributed by atoms with van der Waals surface area (Å²) in [6, 6.07) is -0.995. The zero-order valence-corrected chi connectivity index (χ0v) is 59.3. The summed E-state index contributed by atoms with van der Waals surface area (Å²) in [5.41, 5.74) is 0. The Morgan fingerprint density at radius 1 is 0.381 bits per heavy atom. The molecule has 19 nitrogen and oxygen atoms in total. The van der Waals surface area contributed by atoms with Crippen LogP contribution in [-0.2, 0) is 33.2 Å². The average molecular weight is 1370 g/mol. The van der Waals surface area contributed by atoms with Crippen LogP contribution in [0.5, 0.6) is 0 Å². The van der Waals surface area contributed by atoms with Crippen molar-refractivity contribution < 1.29 is 89.4 Å². The first-order valence-corrected chi connectivity index (χ1v) is 37.6. The Kier molecular flexibility index (Phi) is 52.4. The molecule has 0 spiro atoms. The van der Waals surface area contributed by atoms with E-state index in [2.05, 4.69) is 116 Å². The molecule has 3 heterocycles. The summed E-state index contributed by atoms with van der Waals surface area (Å²) in [5, 5.41) is 121. The van der Waals surface area contributed by atoms with Crippen LogP contribution < -0.4 is 5.32 Å². The number of unbranched alkanes of at least 4 members (excludes halogenated alkanes) is 25. The molecule has 3 saturated heterocycles. The van der Waals surface area contributed by atoms with Crippen LogP contribution in [0.25, 0.3) is 0 Å². The molecule has 0 aromatic carbocycles. The zero-order chi connectivity index (χ0) is 70.4. The number of carbonyl (C=O) groups is 1. The average Bonchev–Trinajstić information content (AvgIpc) is 0.789. The number of amides is 1. The van der Waals surface area contributed by atoms with Crippen molar-refractivity contribution in [1.82, 2.24) is 5.32 Å². The van der Waals surface area contributed by atoms with E-state index in [1.807, 2.05) is 6.08 Å². The van der Waals surface area contributed by atoms with E-state index < -0.39 is 124 Å². The first kappa shape index (κ1) is 87.7. The highest BCUT2D eigenvalue weighted by Crippen LogP contribution is 2.33. The normalized spacial score (nSPS) is 27.5. The molecule has 19 heteroatoms. The van der Waals surface area contributed by atoms with Crippen LogP contribution in [0.15, 0.2) is 109 Å². The van der Waals surface area contributed by atoms with Crippen LogP contribution in [0.4, 0.5) is 0 Å². The van der Waals surface area contributed by atoms with Crippen molar-refractivity contribution in [3.8, 4) is 0 Å². The van der Waals surface area contributed by atoms with Crippen molar-refractivity contribution in [2.24, 2.45) is 0 Å². The van der Waals surface area contributed by atoms with Gasteiger partial charge in [0.05, 0.1) is 38.6 Å². The van der Waals surface area contributed by atoms with Gasteiger partial charge in [-0.05, 0) is 89.9 Å². The molecule has 558 valence electrons. The zero-order valence-electron chi connectivity index (χ0n) is 59.3. The number of ether oxygens (including phenoxy) is 6. The van der Waals surface area contributed by atoms with Gasteiger partial charge < -0.3 is 89.9 Å². The molecule has 0 aromatic heterocycles. The second kappa shape index (κ2) is 58.0. The highest BCUT2D eigenvalue weighted by Gasteiger charge is 2.53. The first-order valence-electron chi connectivity index (χ1n) is 37.6. The summed E-state index contributed by atoms with van der Waals surface area (Å²) in [6.07, 6.45) is 52.2. The number of allylic oxidation sites excluding steroid dienone is 17. The van der Waals surface area contributed by atoms with Gasteiger partial charge in [0, 0.05) is 6.42 Å². The second-order valence-corrected chi connectivity index (χ2v) is 26.4. The number of hydrogen-bond acceptors (Lipinski definition) is 18. The number of hydrogen-bond donors (Lipinski definition) is 12. The summed E-state index contributed by atoms with van der Waals surface area (Å²) < 4.78 is 34.3. The lowest BCUT2D eigenvalue weighted by Crippen LogP contribution is -2.66. The predicted molar refractivity (Wildman–Crippen MR) is 383 cm³/mol. The van der Waals surface area contributed by atoms with Gasteiger partial charge in [-0.1, -0.05) is 258 Å². The van der Waals surface area contributed by atoms with Gasteiger partial charge in [-0.2, -0.15) is 0 Å². The van der Waals surface area contributed by atoms with Crippen LogP contribution in [0, 0.1) is 0 Å². The molecule has 0 aliphatic carbocycles. The molecular weight excluding hydrogens is 1240 g/mol. The van der Waals surface area contributed by atoms with E-state index in [9.17, 15) is 61.0 Å².